The SMILES string of the molecule is OCc1csc(NCC2CC2)n1. The van der Waals surface area contributed by atoms with Crippen LogP contribution < -0.4 is 5.32 Å². The van der Waals surface area contributed by atoms with Crippen LogP contribution in [0.4, 0.5) is 5.13 Å². The molecule has 1 fully saturated rings. The number of aliphatic hydroxyl groups is 1. The maximum atomic E-state index is 8.76. The molecule has 0 unspecified atom stereocenters. The smallest absolute Gasteiger partial charge is 0.182 e. The van der Waals surface area contributed by atoms with Crippen molar-refractivity contribution in [2.45, 2.75) is 19.4 Å². The lowest BCUT2D eigenvalue weighted by atomic mass is 10.4. The lowest BCUT2D eigenvalue weighted by molar-refractivity contribution is 0.278. The summed E-state index contributed by atoms with van der Waals surface area (Å²) in [6.45, 7) is 1.08. The molecule has 0 saturated heterocycles. The summed E-state index contributed by atoms with van der Waals surface area (Å²) in [5.74, 6) is 0.867. The van der Waals surface area contributed by atoms with Crippen molar-refractivity contribution < 1.29 is 5.11 Å². The molecule has 3 nitrogen and oxygen atoms in total. The van der Waals surface area contributed by atoms with Crippen LogP contribution in [-0.2, 0) is 6.61 Å². The van der Waals surface area contributed by atoms with Gasteiger partial charge in [0, 0.05) is 11.9 Å². The first-order valence-corrected chi connectivity index (χ1v) is 5.05. The van der Waals surface area contributed by atoms with Gasteiger partial charge in [0.25, 0.3) is 0 Å². The maximum Gasteiger partial charge on any atom is 0.182 e. The van der Waals surface area contributed by atoms with Gasteiger partial charge in [-0.25, -0.2) is 4.98 Å². The van der Waals surface area contributed by atoms with Gasteiger partial charge in [-0.05, 0) is 18.8 Å². The molecule has 1 aliphatic rings. The largest absolute Gasteiger partial charge is 0.390 e. The van der Waals surface area contributed by atoms with Gasteiger partial charge < -0.3 is 10.4 Å². The molecule has 12 heavy (non-hydrogen) atoms. The first kappa shape index (κ1) is 8.01. The summed E-state index contributed by atoms with van der Waals surface area (Å²) in [5, 5.41) is 14.8. The summed E-state index contributed by atoms with van der Waals surface area (Å²) < 4.78 is 0. The van der Waals surface area contributed by atoms with Crippen molar-refractivity contribution in [1.29, 1.82) is 0 Å². The van der Waals surface area contributed by atoms with Gasteiger partial charge in [0.2, 0.25) is 0 Å². The molecular weight excluding hydrogens is 172 g/mol. The molecular formula is C8H12N2OS. The second-order valence-electron chi connectivity index (χ2n) is 3.13. The number of aromatic nitrogens is 1. The van der Waals surface area contributed by atoms with Crippen molar-refractivity contribution in [2.75, 3.05) is 11.9 Å². The van der Waals surface area contributed by atoms with Gasteiger partial charge in [-0.1, -0.05) is 0 Å². The van der Waals surface area contributed by atoms with Crippen LogP contribution in [-0.4, -0.2) is 16.6 Å². The number of nitrogens with one attached hydrogen (secondary N) is 1. The molecule has 1 aromatic rings. The summed E-state index contributed by atoms with van der Waals surface area (Å²) >= 11 is 1.56. The number of aliphatic hydroxyl groups excluding tert-OH is 1. The first-order chi connectivity index (χ1) is 5.88. The highest BCUT2D eigenvalue weighted by Crippen LogP contribution is 2.29. The molecule has 0 radical (unpaired) electrons. The van der Waals surface area contributed by atoms with Crippen LogP contribution >= 0.6 is 11.3 Å². The van der Waals surface area contributed by atoms with E-state index >= 15 is 0 Å². The second kappa shape index (κ2) is 3.41. The predicted octanol–water partition coefficient (Wildman–Crippen LogP) is 1.46. The van der Waals surface area contributed by atoms with Crippen LogP contribution in [0.2, 0.25) is 0 Å². The van der Waals surface area contributed by atoms with Gasteiger partial charge >= 0.3 is 0 Å². The molecule has 66 valence electrons. The average molecular weight is 184 g/mol. The standard InChI is InChI=1S/C8H12N2OS/c11-4-7-5-12-8(10-7)9-3-6-1-2-6/h5-6,11H,1-4H2,(H,9,10). The Labute approximate surface area is 75.5 Å². The number of rotatable bonds is 4. The monoisotopic (exact) mass is 184 g/mol. The Bertz CT molecular complexity index is 257. The van der Waals surface area contributed by atoms with Crippen molar-refractivity contribution in [2.24, 2.45) is 5.92 Å². The summed E-state index contributed by atoms with van der Waals surface area (Å²) in [5.41, 5.74) is 0.762. The molecule has 1 heterocycles. The minimum atomic E-state index is 0.0433. The Morgan fingerprint density at radius 1 is 1.67 bits per heavy atom. The van der Waals surface area contributed by atoms with Crippen LogP contribution in [0.1, 0.15) is 18.5 Å². The first-order valence-electron chi connectivity index (χ1n) is 4.17. The van der Waals surface area contributed by atoms with Gasteiger partial charge in [0.1, 0.15) is 0 Å². The Kier molecular flexibility index (Phi) is 2.28. The third kappa shape index (κ3) is 1.95. The lowest BCUT2D eigenvalue weighted by Crippen LogP contribution is -2.02. The zero-order chi connectivity index (χ0) is 8.39. The summed E-state index contributed by atoms with van der Waals surface area (Å²) in [6, 6.07) is 0. The number of thiazole rings is 1. The van der Waals surface area contributed by atoms with E-state index < -0.39 is 0 Å². The van der Waals surface area contributed by atoms with Crippen LogP contribution in [0.15, 0.2) is 5.38 Å². The van der Waals surface area contributed by atoms with Crippen molar-refractivity contribution in [3.8, 4) is 0 Å². The van der Waals surface area contributed by atoms with Crippen LogP contribution in [0.5, 0.6) is 0 Å². The van der Waals surface area contributed by atoms with Crippen LogP contribution in [0, 0.1) is 5.92 Å². The Balaban J connectivity index is 1.84. The van der Waals surface area contributed by atoms with Crippen LogP contribution in [0.25, 0.3) is 0 Å². The van der Waals surface area contributed by atoms with Crippen molar-refractivity contribution in [1.82, 2.24) is 4.98 Å². The van der Waals surface area contributed by atoms with E-state index in [1.54, 1.807) is 11.3 Å². The summed E-state index contributed by atoms with van der Waals surface area (Å²) in [6.07, 6.45) is 2.70. The third-order valence-electron chi connectivity index (χ3n) is 1.95. The van der Waals surface area contributed by atoms with Gasteiger partial charge in [-0.2, -0.15) is 0 Å². The molecule has 1 saturated carbocycles. The zero-order valence-electron chi connectivity index (χ0n) is 6.79. The zero-order valence-corrected chi connectivity index (χ0v) is 7.60. The minimum absolute atomic E-state index is 0.0433. The third-order valence-corrected chi connectivity index (χ3v) is 2.80. The molecule has 1 aliphatic carbocycles. The molecule has 0 aliphatic heterocycles. The van der Waals surface area contributed by atoms with E-state index in [-0.39, 0.29) is 6.61 Å². The summed E-state index contributed by atoms with van der Waals surface area (Å²) in [7, 11) is 0. The molecule has 4 heteroatoms. The molecule has 0 bridgehead atoms. The fourth-order valence-electron chi connectivity index (χ4n) is 1.01. The van der Waals surface area contributed by atoms with E-state index in [4.69, 9.17) is 5.11 Å². The van der Waals surface area contributed by atoms with Crippen molar-refractivity contribution in [3.63, 3.8) is 0 Å². The second-order valence-corrected chi connectivity index (χ2v) is 3.98. The fraction of sp³-hybridized carbons (Fsp3) is 0.625. The number of nitrogens with zero attached hydrogens (tertiary/aromatic N) is 1. The Morgan fingerprint density at radius 2 is 2.50 bits per heavy atom. The number of anilines is 1. The van der Waals surface area contributed by atoms with E-state index in [2.05, 4.69) is 10.3 Å². The maximum absolute atomic E-state index is 8.76. The highest BCUT2D eigenvalue weighted by molar-refractivity contribution is 7.13. The average Bonchev–Trinajstić information content (AvgIpc) is 2.81. The van der Waals surface area contributed by atoms with Crippen molar-refractivity contribution >= 4 is 16.5 Å². The highest BCUT2D eigenvalue weighted by Gasteiger charge is 2.20. The lowest BCUT2D eigenvalue weighted by Gasteiger charge is -1.97. The van der Waals surface area contributed by atoms with Gasteiger partial charge in [-0.3, -0.25) is 0 Å². The van der Waals surface area contributed by atoms with E-state index in [0.29, 0.717) is 0 Å². The topological polar surface area (TPSA) is 45.1 Å². The highest BCUT2D eigenvalue weighted by atomic mass is 32.1. The van der Waals surface area contributed by atoms with E-state index in [1.807, 2.05) is 5.38 Å². The van der Waals surface area contributed by atoms with Crippen LogP contribution in [0.3, 0.4) is 0 Å². The molecule has 0 atom stereocenters. The Hall–Kier alpha value is -0.610. The van der Waals surface area contributed by atoms with E-state index in [0.717, 1.165) is 23.3 Å². The molecule has 0 amide bonds. The molecule has 0 aromatic carbocycles. The normalized spacial score (nSPS) is 16.4. The van der Waals surface area contributed by atoms with Gasteiger partial charge in [-0.15, -0.1) is 11.3 Å². The Morgan fingerprint density at radius 3 is 3.08 bits per heavy atom. The van der Waals surface area contributed by atoms with Gasteiger partial charge in [0.05, 0.1) is 12.3 Å². The fourth-order valence-corrected chi connectivity index (χ4v) is 1.73. The molecule has 1 aromatic heterocycles. The molecule has 0 spiro atoms. The number of hydrogen-bond acceptors (Lipinski definition) is 4. The summed E-state index contributed by atoms with van der Waals surface area (Å²) in [4.78, 5) is 4.19. The van der Waals surface area contributed by atoms with E-state index in [1.165, 1.54) is 12.8 Å². The number of hydrogen-bond donors (Lipinski definition) is 2. The van der Waals surface area contributed by atoms with Crippen molar-refractivity contribution in [3.05, 3.63) is 11.1 Å². The molecule has 2 rings (SSSR count). The van der Waals surface area contributed by atoms with E-state index in [9.17, 15) is 0 Å². The van der Waals surface area contributed by atoms with Gasteiger partial charge in [0.15, 0.2) is 5.13 Å². The quantitative estimate of drug-likeness (QED) is 0.744. The molecule has 2 N–H and O–H groups in total. The minimum Gasteiger partial charge on any atom is -0.390 e. The predicted molar refractivity (Wildman–Crippen MR) is 49.3 cm³/mol.